The number of carboxylic acid groups (broad SMARTS) is 1. The van der Waals surface area contributed by atoms with Crippen LogP contribution in [0.3, 0.4) is 0 Å². The Labute approximate surface area is 349 Å². The predicted molar refractivity (Wildman–Crippen MR) is 230 cm³/mol. The second kappa shape index (κ2) is 17.4. The third-order valence-electron chi connectivity index (χ3n) is 14.3. The molecule has 5 aliphatic rings. The molecule has 59 heavy (non-hydrogen) atoms. The van der Waals surface area contributed by atoms with E-state index in [9.17, 15) is 19.5 Å². The normalized spacial score (nSPS) is 23.0. The summed E-state index contributed by atoms with van der Waals surface area (Å²) in [6.45, 7) is 10.6. The lowest BCUT2D eigenvalue weighted by molar-refractivity contribution is -0.156. The predicted octanol–water partition coefficient (Wildman–Crippen LogP) is 8.70. The van der Waals surface area contributed by atoms with Gasteiger partial charge in [0.05, 0.1) is 12.0 Å². The molecule has 10 nitrogen and oxygen atoms in total. The van der Waals surface area contributed by atoms with E-state index in [2.05, 4.69) is 35.4 Å². The minimum atomic E-state index is -0.846. The van der Waals surface area contributed by atoms with Crippen molar-refractivity contribution in [3.05, 3.63) is 70.0 Å². The quantitative estimate of drug-likeness (QED) is 0.194. The minimum Gasteiger partial charge on any atom is -0.478 e. The second-order valence-corrected chi connectivity index (χ2v) is 19.2. The van der Waals surface area contributed by atoms with Crippen LogP contribution in [-0.4, -0.2) is 82.1 Å². The van der Waals surface area contributed by atoms with Gasteiger partial charge in [-0.2, -0.15) is 0 Å². The highest BCUT2D eigenvalue weighted by atomic mass is 16.6. The zero-order valence-corrected chi connectivity index (χ0v) is 36.0. The molecule has 0 bridgehead atoms. The molecule has 9 rings (SSSR count). The van der Waals surface area contributed by atoms with E-state index < -0.39 is 11.6 Å². The standard InChI is InChI=1S/C30H42N2O4.C19H23NO3/c1-30(2,3)36-28(33)16-20-6-5-13-32(19-20)29(34)23-8-10-27-25(18-23)24-17-22(7-9-26(24)31(27)4)21-11-14-35-15-12-21;1-20-17-4-2-13(12-6-8-23-9-7-12)10-15(17)16-11-14(19(21)22)3-5-18(16)20/h8,10,18,20-22H,5-7,9,11-17,19H2,1-4H3;3,5,11-13H,2,4,6-10H2,1H3,(H,21,22). The highest BCUT2D eigenvalue weighted by Crippen LogP contribution is 2.41. The molecule has 0 radical (unpaired) electrons. The van der Waals surface area contributed by atoms with Crippen LogP contribution in [0.15, 0.2) is 36.4 Å². The third-order valence-corrected chi connectivity index (χ3v) is 14.3. The molecule has 2 aromatic carbocycles. The number of hydrogen-bond acceptors (Lipinski definition) is 6. The molecule has 10 heteroatoms. The Morgan fingerprint density at radius 3 is 1.73 bits per heavy atom. The van der Waals surface area contributed by atoms with Crippen molar-refractivity contribution in [2.45, 2.75) is 110 Å². The van der Waals surface area contributed by atoms with E-state index in [4.69, 9.17) is 14.2 Å². The number of piperidine rings is 1. The van der Waals surface area contributed by atoms with E-state index in [0.29, 0.717) is 30.4 Å². The molecule has 0 saturated carbocycles. The van der Waals surface area contributed by atoms with Crippen LogP contribution in [0.25, 0.3) is 21.8 Å². The number of aryl methyl sites for hydroxylation is 2. The number of carbonyl (C=O) groups is 3. The van der Waals surface area contributed by atoms with Crippen LogP contribution in [0, 0.1) is 29.6 Å². The molecule has 2 aromatic heterocycles. The number of likely N-dealkylation sites (tertiary alicyclic amines) is 1. The summed E-state index contributed by atoms with van der Waals surface area (Å²) < 4.78 is 21.2. The van der Waals surface area contributed by atoms with Gasteiger partial charge in [-0.1, -0.05) is 0 Å². The maximum atomic E-state index is 13.6. The Kier molecular flexibility index (Phi) is 12.3. The Balaban J connectivity index is 0.000000180. The smallest absolute Gasteiger partial charge is 0.335 e. The van der Waals surface area contributed by atoms with Crippen molar-refractivity contribution >= 4 is 39.7 Å². The van der Waals surface area contributed by atoms with Crippen LogP contribution in [0.2, 0.25) is 0 Å². The fraction of sp³-hybridized carbons (Fsp3) is 0.612. The number of benzene rings is 2. The van der Waals surface area contributed by atoms with Gasteiger partial charge in [0.15, 0.2) is 0 Å². The van der Waals surface area contributed by atoms with E-state index in [1.807, 2.05) is 43.9 Å². The zero-order chi connectivity index (χ0) is 41.4. The zero-order valence-electron chi connectivity index (χ0n) is 36.0. The van der Waals surface area contributed by atoms with Crippen LogP contribution in [0.4, 0.5) is 0 Å². The average molecular weight is 808 g/mol. The number of ether oxygens (including phenoxy) is 3. The summed E-state index contributed by atoms with van der Waals surface area (Å²) in [6, 6.07) is 11.8. The van der Waals surface area contributed by atoms with Gasteiger partial charge in [0.2, 0.25) is 0 Å². The Morgan fingerprint density at radius 2 is 1.22 bits per heavy atom. The number of aromatic carboxylic acids is 1. The molecule has 2 aliphatic carbocycles. The van der Waals surface area contributed by atoms with Gasteiger partial charge in [0.1, 0.15) is 5.60 Å². The Hall–Kier alpha value is -4.15. The number of nitrogens with zero attached hydrogens (tertiary/aromatic N) is 3. The van der Waals surface area contributed by atoms with Gasteiger partial charge in [-0.3, -0.25) is 9.59 Å². The maximum absolute atomic E-state index is 13.6. The molecule has 1 N–H and O–H groups in total. The van der Waals surface area contributed by atoms with Crippen molar-refractivity contribution in [1.29, 1.82) is 0 Å². The van der Waals surface area contributed by atoms with Gasteiger partial charge in [-0.25, -0.2) is 4.79 Å². The number of carbonyl (C=O) groups excluding carboxylic acids is 2. The van der Waals surface area contributed by atoms with Crippen LogP contribution >= 0.6 is 0 Å². The number of rotatable bonds is 6. The van der Waals surface area contributed by atoms with Crippen LogP contribution in [0.1, 0.15) is 122 Å². The fourth-order valence-electron chi connectivity index (χ4n) is 11.3. The molecule has 0 spiro atoms. The van der Waals surface area contributed by atoms with Crippen molar-refractivity contribution in [2.75, 3.05) is 39.5 Å². The molecule has 3 unspecified atom stereocenters. The van der Waals surface area contributed by atoms with E-state index in [0.717, 1.165) is 99.8 Å². The number of fused-ring (bicyclic) bond motifs is 6. The number of carboxylic acids is 1. The molecule has 318 valence electrons. The first-order chi connectivity index (χ1) is 28.3. The number of amides is 1. The Bertz CT molecular complexity index is 2180. The lowest BCUT2D eigenvalue weighted by atomic mass is 9.75. The minimum absolute atomic E-state index is 0.0835. The average Bonchev–Trinajstić information content (AvgIpc) is 3.68. The van der Waals surface area contributed by atoms with Crippen LogP contribution < -0.4 is 0 Å². The summed E-state index contributed by atoms with van der Waals surface area (Å²) in [4.78, 5) is 39.2. The summed E-state index contributed by atoms with van der Waals surface area (Å²) in [5.74, 6) is 2.16. The molecule has 3 aliphatic heterocycles. The number of hydrogen-bond donors (Lipinski definition) is 1. The largest absolute Gasteiger partial charge is 0.478 e. The summed E-state index contributed by atoms with van der Waals surface area (Å²) in [5, 5.41) is 11.7. The van der Waals surface area contributed by atoms with Gasteiger partial charge in [0.25, 0.3) is 5.91 Å². The van der Waals surface area contributed by atoms with Crippen molar-refractivity contribution in [1.82, 2.24) is 14.0 Å². The van der Waals surface area contributed by atoms with Crippen molar-refractivity contribution in [3.8, 4) is 0 Å². The van der Waals surface area contributed by atoms with Gasteiger partial charge >= 0.3 is 11.9 Å². The summed E-state index contributed by atoms with van der Waals surface area (Å²) >= 11 is 0. The summed E-state index contributed by atoms with van der Waals surface area (Å²) in [6.07, 6.45) is 13.9. The number of aromatic nitrogens is 2. The first kappa shape index (κ1) is 41.6. The molecule has 1 amide bonds. The molecular weight excluding hydrogens is 743 g/mol. The van der Waals surface area contributed by atoms with E-state index in [1.165, 1.54) is 71.9 Å². The summed E-state index contributed by atoms with van der Waals surface area (Å²) in [7, 11) is 4.28. The van der Waals surface area contributed by atoms with Gasteiger partial charge in [0, 0.05) is 92.4 Å². The van der Waals surface area contributed by atoms with Crippen LogP contribution in [-0.2, 0) is 58.8 Å². The van der Waals surface area contributed by atoms with Gasteiger partial charge in [-0.05, 0) is 175 Å². The van der Waals surface area contributed by atoms with Crippen molar-refractivity contribution < 1.29 is 33.7 Å². The van der Waals surface area contributed by atoms with E-state index in [1.54, 1.807) is 6.07 Å². The first-order valence-electron chi connectivity index (χ1n) is 22.4. The van der Waals surface area contributed by atoms with Gasteiger partial charge in [-0.15, -0.1) is 0 Å². The third kappa shape index (κ3) is 9.00. The highest BCUT2D eigenvalue weighted by Gasteiger charge is 2.33. The first-order valence-corrected chi connectivity index (χ1v) is 22.4. The SMILES string of the molecule is Cn1c2c(c3cc(C(=O)N4CCCC(CC(=O)OC(C)(C)C)C4)ccc31)CC(C1CCOCC1)CC2.Cn1c2c(c3cc(C(=O)O)ccc31)CC(C1CCOCC1)CC2. The molecular formula is C49H65N3O7. The maximum Gasteiger partial charge on any atom is 0.335 e. The van der Waals surface area contributed by atoms with E-state index >= 15 is 0 Å². The highest BCUT2D eigenvalue weighted by molar-refractivity contribution is 5.99. The van der Waals surface area contributed by atoms with Crippen LogP contribution in [0.5, 0.6) is 0 Å². The molecule has 5 heterocycles. The summed E-state index contributed by atoms with van der Waals surface area (Å²) in [5.41, 5.74) is 8.73. The fourth-order valence-corrected chi connectivity index (χ4v) is 11.3. The molecule has 3 atom stereocenters. The van der Waals surface area contributed by atoms with Crippen molar-refractivity contribution in [2.24, 2.45) is 43.7 Å². The number of esters is 1. The van der Waals surface area contributed by atoms with E-state index in [-0.39, 0.29) is 17.8 Å². The van der Waals surface area contributed by atoms with Crippen molar-refractivity contribution in [3.63, 3.8) is 0 Å². The lowest BCUT2D eigenvalue weighted by Gasteiger charge is -2.33. The molecule has 3 saturated heterocycles. The topological polar surface area (TPSA) is 112 Å². The lowest BCUT2D eigenvalue weighted by Crippen LogP contribution is -2.41. The molecule has 3 fully saturated rings. The second-order valence-electron chi connectivity index (χ2n) is 19.2. The monoisotopic (exact) mass is 807 g/mol. The van der Waals surface area contributed by atoms with Gasteiger partial charge < -0.3 is 33.4 Å². The molecule has 4 aromatic rings. The Morgan fingerprint density at radius 1 is 0.712 bits per heavy atom.